The van der Waals surface area contributed by atoms with Crippen LogP contribution in [0.4, 0.5) is 5.69 Å². The quantitative estimate of drug-likeness (QED) is 0.741. The normalized spacial score (nSPS) is 34.4. The summed E-state index contributed by atoms with van der Waals surface area (Å²) in [4.78, 5) is 41.9. The van der Waals surface area contributed by atoms with Gasteiger partial charge in [-0.1, -0.05) is 31.0 Å². The van der Waals surface area contributed by atoms with Crippen LogP contribution in [0.3, 0.4) is 0 Å². The van der Waals surface area contributed by atoms with Crippen molar-refractivity contribution in [3.05, 3.63) is 29.8 Å². The molecule has 3 aliphatic heterocycles. The monoisotopic (exact) mass is 400 g/mol. The maximum atomic E-state index is 13.6. The van der Waals surface area contributed by atoms with Crippen LogP contribution in [0.15, 0.2) is 24.3 Å². The molecule has 0 aromatic heterocycles. The van der Waals surface area contributed by atoms with Gasteiger partial charge in [0.1, 0.15) is 17.9 Å². The van der Waals surface area contributed by atoms with Gasteiger partial charge in [-0.2, -0.15) is 11.8 Å². The highest BCUT2D eigenvalue weighted by atomic mass is 32.2. The fourth-order valence-electron chi connectivity index (χ4n) is 5.98. The smallest absolute Gasteiger partial charge is 0.291 e. The van der Waals surface area contributed by atoms with Crippen molar-refractivity contribution >= 4 is 35.2 Å². The first-order chi connectivity index (χ1) is 13.6. The van der Waals surface area contributed by atoms with E-state index in [-0.39, 0.29) is 29.8 Å². The van der Waals surface area contributed by atoms with Crippen molar-refractivity contribution in [3.63, 3.8) is 0 Å². The van der Waals surface area contributed by atoms with Crippen LogP contribution in [0.5, 0.6) is 0 Å². The lowest BCUT2D eigenvalue weighted by Gasteiger charge is -2.28. The second-order valence-electron chi connectivity index (χ2n) is 8.47. The second kappa shape index (κ2) is 6.59. The first kappa shape index (κ1) is 18.2. The van der Waals surface area contributed by atoms with E-state index in [0.29, 0.717) is 0 Å². The molecule has 3 heterocycles. The second-order valence-corrected chi connectivity index (χ2v) is 9.45. The molecule has 148 valence electrons. The molecule has 1 aliphatic carbocycles. The van der Waals surface area contributed by atoms with Gasteiger partial charge in [0, 0.05) is 18.0 Å². The molecule has 1 aromatic rings. The number of nitrogens with two attached hydrogens (primary N) is 1. The number of carbonyl (C=O) groups excluding carboxylic acids is 3. The summed E-state index contributed by atoms with van der Waals surface area (Å²) in [5, 5.41) is 5.02. The van der Waals surface area contributed by atoms with Gasteiger partial charge in [-0.3, -0.25) is 19.3 Å². The Morgan fingerprint density at radius 2 is 1.93 bits per heavy atom. The molecule has 0 radical (unpaired) electrons. The molecule has 28 heavy (non-hydrogen) atoms. The largest absolute Gasteiger partial charge is 0.326 e. The first-order valence-electron chi connectivity index (χ1n) is 10.2. The van der Waals surface area contributed by atoms with Crippen LogP contribution in [0.25, 0.3) is 0 Å². The number of anilines is 1. The number of para-hydroxylation sites is 1. The summed E-state index contributed by atoms with van der Waals surface area (Å²) in [5.74, 6) is -0.415. The summed E-state index contributed by atoms with van der Waals surface area (Å²) in [6.07, 6.45) is 6.78. The van der Waals surface area contributed by atoms with Crippen LogP contribution < -0.4 is 10.6 Å². The number of fused-ring (bicyclic) bond motifs is 4. The molecule has 2 saturated heterocycles. The van der Waals surface area contributed by atoms with Gasteiger partial charge in [0.25, 0.3) is 5.91 Å². The van der Waals surface area contributed by atoms with E-state index in [1.807, 2.05) is 35.8 Å². The van der Waals surface area contributed by atoms with E-state index in [1.165, 1.54) is 0 Å². The highest BCUT2D eigenvalue weighted by Crippen LogP contribution is 2.50. The van der Waals surface area contributed by atoms with E-state index in [0.717, 1.165) is 49.1 Å². The van der Waals surface area contributed by atoms with Crippen LogP contribution >= 0.6 is 11.8 Å². The van der Waals surface area contributed by atoms with E-state index in [2.05, 4.69) is 5.32 Å². The van der Waals surface area contributed by atoms with Gasteiger partial charge in [-0.05, 0) is 30.9 Å². The third-order valence-corrected chi connectivity index (χ3v) is 7.80. The summed E-state index contributed by atoms with van der Waals surface area (Å²) >= 11 is 1.74. The molecule has 0 unspecified atom stereocenters. The van der Waals surface area contributed by atoms with Crippen LogP contribution in [-0.2, 0) is 19.9 Å². The third-order valence-electron chi connectivity index (χ3n) is 7.16. The Kier molecular flexibility index (Phi) is 4.28. The molecule has 4 atom stereocenters. The number of benzene rings is 1. The predicted octanol–water partition coefficient (Wildman–Crippen LogP) is 1.08. The molecular weight excluding hydrogens is 374 g/mol. The Morgan fingerprint density at radius 1 is 1.18 bits per heavy atom. The Bertz CT molecular complexity index is 853. The SMILES string of the molecule is CSCC[C@H]1[NH2+][C@]2(C(=O)Nc3ccccc32)[C@@H]2C(=O)N(C3CCCC3)C(=O)[C@@H]21. The standard InChI is InChI=1S/C21H25N3O3S/c1-28-11-10-15-16-17(19(26)24(18(16)25)12-6-2-3-7-12)21(23-15)13-8-4-5-9-14(13)22-20(21)27/h4-5,8-9,12,15-17,23H,2-3,6-7,10-11H2,1H3,(H,22,27)/p+1/t15-,16-,17+,21+/m1/s1. The number of rotatable bonds is 4. The summed E-state index contributed by atoms with van der Waals surface area (Å²) in [6.45, 7) is 0. The highest BCUT2D eigenvalue weighted by molar-refractivity contribution is 7.98. The number of hydrogen-bond acceptors (Lipinski definition) is 4. The molecule has 1 aromatic carbocycles. The van der Waals surface area contributed by atoms with Gasteiger partial charge in [-0.15, -0.1) is 0 Å². The molecule has 0 bridgehead atoms. The van der Waals surface area contributed by atoms with Crippen molar-refractivity contribution in [2.75, 3.05) is 17.3 Å². The molecular formula is C21H26N3O3S+. The number of carbonyl (C=O) groups is 3. The molecule has 4 aliphatic rings. The van der Waals surface area contributed by atoms with Crippen molar-refractivity contribution in [3.8, 4) is 0 Å². The maximum Gasteiger partial charge on any atom is 0.291 e. The number of thioether (sulfide) groups is 1. The Labute approximate surface area is 168 Å². The zero-order valence-electron chi connectivity index (χ0n) is 16.0. The Balaban J connectivity index is 1.61. The van der Waals surface area contributed by atoms with Gasteiger partial charge in [0.05, 0.1) is 5.69 Å². The minimum atomic E-state index is -1.01. The van der Waals surface area contributed by atoms with Crippen LogP contribution in [0.1, 0.15) is 37.7 Å². The fraction of sp³-hybridized carbons (Fsp3) is 0.571. The zero-order chi connectivity index (χ0) is 19.5. The van der Waals surface area contributed by atoms with E-state index in [4.69, 9.17) is 0 Å². The van der Waals surface area contributed by atoms with Crippen molar-refractivity contribution in [2.24, 2.45) is 11.8 Å². The van der Waals surface area contributed by atoms with Gasteiger partial charge in [0.2, 0.25) is 17.4 Å². The fourth-order valence-corrected chi connectivity index (χ4v) is 6.49. The molecule has 3 N–H and O–H groups in total. The minimum absolute atomic E-state index is 0.0172. The number of nitrogens with zero attached hydrogens (tertiary/aromatic N) is 1. The number of quaternary nitrogens is 1. The van der Waals surface area contributed by atoms with Crippen molar-refractivity contribution in [1.82, 2.24) is 4.90 Å². The van der Waals surface area contributed by atoms with Gasteiger partial charge in [-0.25, -0.2) is 0 Å². The van der Waals surface area contributed by atoms with Gasteiger partial charge in [0.15, 0.2) is 0 Å². The molecule has 1 spiro atoms. The Hall–Kier alpha value is -1.86. The summed E-state index contributed by atoms with van der Waals surface area (Å²) < 4.78 is 0. The minimum Gasteiger partial charge on any atom is -0.326 e. The molecule has 6 nitrogen and oxygen atoms in total. The maximum absolute atomic E-state index is 13.6. The molecule has 1 saturated carbocycles. The topological polar surface area (TPSA) is 83.1 Å². The van der Waals surface area contributed by atoms with Crippen molar-refractivity contribution in [2.45, 2.75) is 49.7 Å². The molecule has 7 heteroatoms. The average Bonchev–Trinajstić information content (AvgIpc) is 3.42. The first-order valence-corrected chi connectivity index (χ1v) is 11.6. The van der Waals surface area contributed by atoms with Crippen LogP contribution in [0, 0.1) is 11.8 Å². The van der Waals surface area contributed by atoms with E-state index in [1.54, 1.807) is 16.7 Å². The number of nitrogens with one attached hydrogen (secondary N) is 1. The molecule has 3 fully saturated rings. The number of likely N-dealkylation sites (tertiary alicyclic amines) is 1. The number of imide groups is 1. The summed E-state index contributed by atoms with van der Waals surface area (Å²) in [7, 11) is 0. The van der Waals surface area contributed by atoms with Crippen LogP contribution in [-0.4, -0.2) is 46.7 Å². The highest BCUT2D eigenvalue weighted by Gasteiger charge is 2.74. The van der Waals surface area contributed by atoms with E-state index < -0.39 is 17.4 Å². The van der Waals surface area contributed by atoms with Crippen LogP contribution in [0.2, 0.25) is 0 Å². The van der Waals surface area contributed by atoms with Gasteiger partial charge >= 0.3 is 0 Å². The predicted molar refractivity (Wildman–Crippen MR) is 107 cm³/mol. The average molecular weight is 401 g/mol. The molecule has 3 amide bonds. The molecule has 5 rings (SSSR count). The lowest BCUT2D eigenvalue weighted by Crippen LogP contribution is -2.99. The van der Waals surface area contributed by atoms with Crippen molar-refractivity contribution in [1.29, 1.82) is 0 Å². The zero-order valence-corrected chi connectivity index (χ0v) is 16.8. The van der Waals surface area contributed by atoms with E-state index in [9.17, 15) is 14.4 Å². The van der Waals surface area contributed by atoms with Crippen molar-refractivity contribution < 1.29 is 19.7 Å². The Morgan fingerprint density at radius 3 is 2.68 bits per heavy atom. The summed E-state index contributed by atoms with van der Waals surface area (Å²) in [6, 6.07) is 7.60. The number of hydrogen-bond donors (Lipinski definition) is 2. The lowest BCUT2D eigenvalue weighted by atomic mass is 9.76. The summed E-state index contributed by atoms with van der Waals surface area (Å²) in [5.41, 5.74) is 0.619. The lowest BCUT2D eigenvalue weighted by molar-refractivity contribution is -0.733. The number of amides is 3. The van der Waals surface area contributed by atoms with E-state index >= 15 is 0 Å². The van der Waals surface area contributed by atoms with Gasteiger partial charge < -0.3 is 10.6 Å². The third kappa shape index (κ3) is 2.29.